The number of rotatable bonds is 10. The van der Waals surface area contributed by atoms with Crippen molar-refractivity contribution in [2.24, 2.45) is 34.5 Å². The molecular formula is C35H49NO11. The molecule has 0 unspecified atom stereocenters. The minimum absolute atomic E-state index is 0.179. The van der Waals surface area contributed by atoms with Crippen molar-refractivity contribution < 1.29 is 53.0 Å². The van der Waals surface area contributed by atoms with Crippen molar-refractivity contribution >= 4 is 11.9 Å². The second-order valence-electron chi connectivity index (χ2n) is 14.7. The monoisotopic (exact) mass is 659 g/mol. The lowest BCUT2D eigenvalue weighted by molar-refractivity contribution is -0.300. The van der Waals surface area contributed by atoms with E-state index in [2.05, 4.69) is 11.8 Å². The van der Waals surface area contributed by atoms with Crippen LogP contribution in [-0.2, 0) is 33.2 Å². The number of aliphatic hydroxyl groups is 2. The van der Waals surface area contributed by atoms with Gasteiger partial charge in [-0.15, -0.1) is 0 Å². The summed E-state index contributed by atoms with van der Waals surface area (Å²) in [5, 5.41) is 24.8. The molecule has 260 valence electrons. The molecule has 0 radical (unpaired) electrons. The zero-order valence-electron chi connectivity index (χ0n) is 28.3. The zero-order valence-corrected chi connectivity index (χ0v) is 28.3. The zero-order chi connectivity index (χ0) is 33.7. The molecule has 47 heavy (non-hydrogen) atoms. The normalized spacial score (nSPS) is 47.4. The predicted molar refractivity (Wildman–Crippen MR) is 166 cm³/mol. The van der Waals surface area contributed by atoms with Gasteiger partial charge in [0, 0.05) is 89.4 Å². The highest BCUT2D eigenvalue weighted by molar-refractivity contribution is 5.89. The van der Waals surface area contributed by atoms with Crippen molar-refractivity contribution in [2.45, 2.75) is 80.9 Å². The Hall–Kier alpha value is -2.32. The van der Waals surface area contributed by atoms with Crippen molar-refractivity contribution in [1.29, 1.82) is 0 Å². The highest BCUT2D eigenvalue weighted by atomic mass is 16.6. The summed E-state index contributed by atoms with van der Waals surface area (Å²) in [6.07, 6.45) is -2.70. The maximum atomic E-state index is 13.9. The number of hydrogen-bond donors (Lipinski definition) is 2. The molecule has 0 aromatic heterocycles. The summed E-state index contributed by atoms with van der Waals surface area (Å²) in [6, 6.07) is 6.44. The number of hydrogen-bond acceptors (Lipinski definition) is 12. The topological polar surface area (TPSA) is 142 Å². The number of benzene rings is 1. The predicted octanol–water partition coefficient (Wildman–Crippen LogP) is 1.69. The lowest BCUT2D eigenvalue weighted by Gasteiger charge is -2.70. The fourth-order valence-electron chi connectivity index (χ4n) is 12.4. The molecule has 12 heteroatoms. The third kappa shape index (κ3) is 4.00. The average Bonchev–Trinajstić information content (AvgIpc) is 3.43. The van der Waals surface area contributed by atoms with Crippen molar-refractivity contribution in [3.05, 3.63) is 29.8 Å². The average molecular weight is 660 g/mol. The fourth-order valence-corrected chi connectivity index (χ4v) is 12.4. The molecule has 1 aliphatic heterocycles. The fraction of sp³-hybridized carbons (Fsp3) is 0.771. The van der Waals surface area contributed by atoms with Crippen LogP contribution in [0.15, 0.2) is 24.3 Å². The second kappa shape index (κ2) is 11.4. The Kier molecular flexibility index (Phi) is 8.02. The second-order valence-corrected chi connectivity index (χ2v) is 14.7. The van der Waals surface area contributed by atoms with Gasteiger partial charge in [0.25, 0.3) is 0 Å². The molecule has 14 atom stereocenters. The van der Waals surface area contributed by atoms with E-state index in [9.17, 15) is 19.8 Å². The van der Waals surface area contributed by atoms with Gasteiger partial charge in [0.15, 0.2) is 0 Å². The van der Waals surface area contributed by atoms with Crippen LogP contribution >= 0.6 is 0 Å². The number of esters is 2. The summed E-state index contributed by atoms with van der Waals surface area (Å²) >= 11 is 0. The van der Waals surface area contributed by atoms with E-state index < -0.39 is 76.3 Å². The third-order valence-electron chi connectivity index (χ3n) is 13.4. The van der Waals surface area contributed by atoms with Crippen LogP contribution in [0.5, 0.6) is 5.75 Å². The number of carbonyl (C=O) groups is 2. The molecule has 0 amide bonds. The molecule has 6 aliphatic rings. The van der Waals surface area contributed by atoms with E-state index in [1.54, 1.807) is 52.7 Å². The van der Waals surface area contributed by atoms with Gasteiger partial charge in [-0.2, -0.15) is 0 Å². The number of fused-ring (bicyclic) bond motifs is 2. The van der Waals surface area contributed by atoms with Crippen molar-refractivity contribution in [2.75, 3.05) is 55.2 Å². The van der Waals surface area contributed by atoms with E-state index in [-0.39, 0.29) is 30.7 Å². The maximum Gasteiger partial charge on any atom is 0.338 e. The Morgan fingerprint density at radius 3 is 2.26 bits per heavy atom. The molecule has 12 nitrogen and oxygen atoms in total. The van der Waals surface area contributed by atoms with E-state index in [0.29, 0.717) is 37.4 Å². The van der Waals surface area contributed by atoms with E-state index >= 15 is 0 Å². The minimum Gasteiger partial charge on any atom is -0.497 e. The van der Waals surface area contributed by atoms with Crippen LogP contribution in [0.1, 0.15) is 43.5 Å². The Morgan fingerprint density at radius 1 is 0.979 bits per heavy atom. The highest BCUT2D eigenvalue weighted by Gasteiger charge is 2.90. The van der Waals surface area contributed by atoms with Crippen LogP contribution in [0.3, 0.4) is 0 Å². The standard InChI is InChI=1S/C35H49NO11/c1-8-36-16-32(17-41-3)22(38)13-23(43-5)35-21-14-33(40)24(44-6)15-34(47-18(2)37,26(29(35)36)27(45-7)28(32)35)25(21)30(33)46-31(39)19-9-11-20(42-4)12-10-19/h9-12,21-30,38,40H,8,13-17H2,1-7H3/t21-,22-,23+,24-,25-,26-,27-,28+,29-,30-,32-,33+,34+,35+/m1/s1. The first kappa shape index (κ1) is 33.2. The minimum atomic E-state index is -1.58. The Balaban J connectivity index is 1.47. The van der Waals surface area contributed by atoms with E-state index in [1.807, 2.05) is 0 Å². The Labute approximate surface area is 275 Å². The van der Waals surface area contributed by atoms with Crippen LogP contribution in [0, 0.1) is 34.5 Å². The molecule has 5 saturated carbocycles. The van der Waals surface area contributed by atoms with Crippen molar-refractivity contribution in [1.82, 2.24) is 4.90 Å². The van der Waals surface area contributed by atoms with Crippen LogP contribution in [-0.4, -0.2) is 130 Å². The quantitative estimate of drug-likeness (QED) is 0.353. The van der Waals surface area contributed by atoms with Gasteiger partial charge in [-0.3, -0.25) is 9.69 Å². The highest BCUT2D eigenvalue weighted by Crippen LogP contribution is 2.80. The van der Waals surface area contributed by atoms with Crippen LogP contribution < -0.4 is 4.74 Å². The lowest BCUT2D eigenvalue weighted by Crippen LogP contribution is -2.79. The number of piperidine rings is 1. The molecule has 1 saturated heterocycles. The van der Waals surface area contributed by atoms with E-state index in [1.165, 1.54) is 14.0 Å². The molecular weight excluding hydrogens is 610 g/mol. The summed E-state index contributed by atoms with van der Waals surface area (Å²) in [7, 11) is 8.11. The van der Waals surface area contributed by atoms with Crippen molar-refractivity contribution in [3.63, 3.8) is 0 Å². The molecule has 1 heterocycles. The number of methoxy groups -OCH3 is 5. The molecule has 7 bridgehead atoms. The number of ether oxygens (including phenoxy) is 7. The Morgan fingerprint density at radius 2 is 1.68 bits per heavy atom. The molecule has 1 aromatic carbocycles. The first-order chi connectivity index (χ1) is 22.5. The summed E-state index contributed by atoms with van der Waals surface area (Å²) < 4.78 is 43.2. The number of carbonyl (C=O) groups excluding carboxylic acids is 2. The molecule has 2 N–H and O–H groups in total. The van der Waals surface area contributed by atoms with Gasteiger partial charge in [-0.05, 0) is 43.1 Å². The van der Waals surface area contributed by atoms with Gasteiger partial charge in [0.05, 0.1) is 43.7 Å². The molecule has 6 fully saturated rings. The van der Waals surface area contributed by atoms with Crippen LogP contribution in [0.2, 0.25) is 0 Å². The largest absolute Gasteiger partial charge is 0.497 e. The lowest BCUT2D eigenvalue weighted by atomic mass is 9.42. The van der Waals surface area contributed by atoms with Gasteiger partial charge in [0.1, 0.15) is 23.1 Å². The number of likely N-dealkylation sites (tertiary alicyclic amines) is 1. The van der Waals surface area contributed by atoms with Gasteiger partial charge in [-0.25, -0.2) is 4.79 Å². The molecule has 1 aromatic rings. The van der Waals surface area contributed by atoms with Crippen molar-refractivity contribution in [3.8, 4) is 5.75 Å². The number of nitrogens with zero attached hydrogens (tertiary/aromatic N) is 1. The summed E-state index contributed by atoms with van der Waals surface area (Å²) in [5.41, 5.74) is -3.89. The third-order valence-corrected chi connectivity index (χ3v) is 13.4. The summed E-state index contributed by atoms with van der Waals surface area (Å²) in [6.45, 7) is 5.04. The summed E-state index contributed by atoms with van der Waals surface area (Å²) in [4.78, 5) is 29.5. The van der Waals surface area contributed by atoms with Gasteiger partial charge < -0.3 is 43.4 Å². The molecule has 5 aliphatic carbocycles. The smallest absolute Gasteiger partial charge is 0.338 e. The first-order valence-corrected chi connectivity index (χ1v) is 16.7. The van der Waals surface area contributed by atoms with Gasteiger partial charge >= 0.3 is 11.9 Å². The summed E-state index contributed by atoms with van der Waals surface area (Å²) in [5.74, 6) is -2.10. The van der Waals surface area contributed by atoms with Gasteiger partial charge in [0.2, 0.25) is 0 Å². The van der Waals surface area contributed by atoms with Crippen LogP contribution in [0.4, 0.5) is 0 Å². The van der Waals surface area contributed by atoms with E-state index in [0.717, 1.165) is 0 Å². The maximum absolute atomic E-state index is 13.9. The molecule has 7 rings (SSSR count). The SMILES string of the molecule is CCN1C[C@@]2(COC)[C@H](O)C[C@H](OC)[C@@]34[C@@H]5C[C@@]6(O)[C@H](OC(=O)c7ccc(OC)cc7)[C@@H]5[C@@](OC(C)=O)(C[C@H]6OC)[C@H]([C@@H](OC)[C@@H]23)[C@@H]14. The van der Waals surface area contributed by atoms with E-state index in [4.69, 9.17) is 33.2 Å². The number of aliphatic hydroxyl groups excluding tert-OH is 1. The van der Waals surface area contributed by atoms with Crippen LogP contribution in [0.25, 0.3) is 0 Å². The van der Waals surface area contributed by atoms with Gasteiger partial charge in [-0.1, -0.05) is 6.92 Å². The Bertz CT molecular complexity index is 1390. The molecule has 1 spiro atoms. The first-order valence-electron chi connectivity index (χ1n) is 16.7.